The van der Waals surface area contributed by atoms with Gasteiger partial charge in [-0.2, -0.15) is 0 Å². The number of aliphatic hydroxyl groups is 1. The average molecular weight is 529 g/mol. The number of aliphatic hydroxyl groups excluding tert-OH is 1. The van der Waals surface area contributed by atoms with Crippen molar-refractivity contribution in [1.29, 1.82) is 0 Å². The fourth-order valence-electron chi connectivity index (χ4n) is 3.63. The molecule has 3 rings (SSSR count). The van der Waals surface area contributed by atoms with Crippen LogP contribution in [0.2, 0.25) is 0 Å². The van der Waals surface area contributed by atoms with Crippen molar-refractivity contribution in [2.45, 2.75) is 39.0 Å². The van der Waals surface area contributed by atoms with Gasteiger partial charge in [-0.1, -0.05) is 6.07 Å². The van der Waals surface area contributed by atoms with E-state index < -0.39 is 0 Å². The van der Waals surface area contributed by atoms with Crippen molar-refractivity contribution < 1.29 is 9.50 Å². The highest BCUT2D eigenvalue weighted by molar-refractivity contribution is 14.0. The minimum atomic E-state index is -0.264. The summed E-state index contributed by atoms with van der Waals surface area (Å²) in [6.45, 7) is 5.33. The van der Waals surface area contributed by atoms with E-state index in [4.69, 9.17) is 4.99 Å². The van der Waals surface area contributed by atoms with E-state index in [0.717, 1.165) is 24.6 Å². The van der Waals surface area contributed by atoms with Gasteiger partial charge >= 0.3 is 0 Å². The first-order chi connectivity index (χ1) is 14.0. The van der Waals surface area contributed by atoms with E-state index in [9.17, 15) is 9.50 Å². The molecule has 30 heavy (non-hydrogen) atoms. The average Bonchev–Trinajstić information content (AvgIpc) is 3.10. The Morgan fingerprint density at radius 3 is 2.63 bits per heavy atom. The van der Waals surface area contributed by atoms with Gasteiger partial charge in [0.05, 0.1) is 24.9 Å². The summed E-state index contributed by atoms with van der Waals surface area (Å²) in [4.78, 5) is 8.77. The van der Waals surface area contributed by atoms with Crippen molar-refractivity contribution in [3.05, 3.63) is 53.6 Å². The van der Waals surface area contributed by atoms with Gasteiger partial charge < -0.3 is 24.8 Å². The highest BCUT2D eigenvalue weighted by Gasteiger charge is 2.19. The molecular weight excluding hydrogens is 496 g/mol. The Bertz CT molecular complexity index is 833. The van der Waals surface area contributed by atoms with Gasteiger partial charge in [-0.3, -0.25) is 0 Å². The van der Waals surface area contributed by atoms with Crippen LogP contribution in [0.4, 0.5) is 10.1 Å². The Morgan fingerprint density at radius 1 is 1.30 bits per heavy atom. The highest BCUT2D eigenvalue weighted by Crippen LogP contribution is 2.24. The van der Waals surface area contributed by atoms with Crippen LogP contribution in [0.15, 0.2) is 41.5 Å². The number of hydrogen-bond acceptors (Lipinski definition) is 3. The Labute approximate surface area is 195 Å². The fourth-order valence-corrected chi connectivity index (χ4v) is 3.63. The van der Waals surface area contributed by atoms with Crippen molar-refractivity contribution in [2.24, 2.45) is 12.0 Å². The predicted molar refractivity (Wildman–Crippen MR) is 131 cm³/mol. The van der Waals surface area contributed by atoms with Gasteiger partial charge in [0.1, 0.15) is 5.82 Å². The second-order valence-electron chi connectivity index (χ2n) is 7.64. The molecule has 1 aliphatic rings. The Kier molecular flexibility index (Phi) is 9.41. The summed E-state index contributed by atoms with van der Waals surface area (Å²) >= 11 is 0. The van der Waals surface area contributed by atoms with E-state index in [1.807, 2.05) is 50.3 Å². The minimum Gasteiger partial charge on any atom is -0.393 e. The molecule has 0 spiro atoms. The normalized spacial score (nSPS) is 15.1. The second-order valence-corrected chi connectivity index (χ2v) is 7.64. The van der Waals surface area contributed by atoms with Crippen LogP contribution in [0.1, 0.15) is 31.0 Å². The number of aliphatic imine (C=N–C) groups is 1. The lowest BCUT2D eigenvalue weighted by Gasteiger charge is -2.31. The number of rotatable bonds is 6. The molecule has 2 aromatic rings. The summed E-state index contributed by atoms with van der Waals surface area (Å²) in [5, 5.41) is 13.0. The molecule has 8 heteroatoms. The molecule has 0 amide bonds. The summed E-state index contributed by atoms with van der Waals surface area (Å²) < 4.78 is 16.8. The standard InChI is InChI=1S/C22H32FN5O.HI/c1-4-24-22(27(3)16-18-6-5-11-26(18)2)25-15-17-7-8-21(20(23)14-17)28-12-9-19(29)10-13-28;/h5-8,11,14,19,29H,4,9-10,12-13,15-16H2,1-3H3,(H,24,25);1H. The first-order valence-electron chi connectivity index (χ1n) is 10.3. The summed E-state index contributed by atoms with van der Waals surface area (Å²) in [5.41, 5.74) is 2.64. The van der Waals surface area contributed by atoms with Crippen molar-refractivity contribution in [2.75, 3.05) is 31.6 Å². The lowest BCUT2D eigenvalue weighted by Crippen LogP contribution is -2.38. The van der Waals surface area contributed by atoms with Crippen molar-refractivity contribution in [3.8, 4) is 0 Å². The first kappa shape index (κ1) is 24.5. The van der Waals surface area contributed by atoms with Crippen LogP contribution in [-0.2, 0) is 20.1 Å². The second kappa shape index (κ2) is 11.5. The molecule has 0 bridgehead atoms. The van der Waals surface area contributed by atoms with E-state index in [1.54, 1.807) is 6.07 Å². The number of piperidine rings is 1. The third kappa shape index (κ3) is 6.34. The molecule has 0 unspecified atom stereocenters. The number of aromatic nitrogens is 1. The molecule has 0 saturated carbocycles. The van der Waals surface area contributed by atoms with E-state index in [-0.39, 0.29) is 35.9 Å². The maximum absolute atomic E-state index is 14.7. The summed E-state index contributed by atoms with van der Waals surface area (Å²) in [7, 11) is 4.03. The van der Waals surface area contributed by atoms with Crippen LogP contribution in [0.25, 0.3) is 0 Å². The van der Waals surface area contributed by atoms with Crippen molar-refractivity contribution >= 4 is 35.6 Å². The zero-order valence-corrected chi connectivity index (χ0v) is 20.3. The molecule has 1 fully saturated rings. The van der Waals surface area contributed by atoms with E-state index >= 15 is 0 Å². The number of halogens is 2. The van der Waals surface area contributed by atoms with Crippen LogP contribution in [0.3, 0.4) is 0 Å². The zero-order chi connectivity index (χ0) is 20.8. The van der Waals surface area contributed by atoms with Gasteiger partial charge in [-0.15, -0.1) is 24.0 Å². The molecule has 0 radical (unpaired) electrons. The zero-order valence-electron chi connectivity index (χ0n) is 18.0. The van der Waals surface area contributed by atoms with Gasteiger partial charge in [0.2, 0.25) is 0 Å². The van der Waals surface area contributed by atoms with Crippen molar-refractivity contribution in [3.63, 3.8) is 0 Å². The molecule has 6 nitrogen and oxygen atoms in total. The molecule has 1 aromatic heterocycles. The lowest BCUT2D eigenvalue weighted by atomic mass is 10.1. The Morgan fingerprint density at radius 2 is 2.03 bits per heavy atom. The number of anilines is 1. The summed E-state index contributed by atoms with van der Waals surface area (Å²) in [6.07, 6.45) is 3.14. The highest BCUT2D eigenvalue weighted by atomic mass is 127. The largest absolute Gasteiger partial charge is 0.393 e. The van der Waals surface area contributed by atoms with Crippen LogP contribution in [-0.4, -0.2) is 53.3 Å². The number of guanidine groups is 1. The predicted octanol–water partition coefficient (Wildman–Crippen LogP) is 3.34. The van der Waals surface area contributed by atoms with Crippen LogP contribution in [0, 0.1) is 5.82 Å². The van der Waals surface area contributed by atoms with Gasteiger partial charge in [0.25, 0.3) is 0 Å². The van der Waals surface area contributed by atoms with Crippen LogP contribution < -0.4 is 10.2 Å². The monoisotopic (exact) mass is 529 g/mol. The Hall–Kier alpha value is -1.81. The van der Waals surface area contributed by atoms with Gasteiger partial charge in [0.15, 0.2) is 5.96 Å². The first-order valence-corrected chi connectivity index (χ1v) is 10.3. The number of aryl methyl sites for hydroxylation is 1. The quantitative estimate of drug-likeness (QED) is 0.343. The molecular formula is C22H33FIN5O. The molecule has 0 aliphatic carbocycles. The number of nitrogens with one attached hydrogen (secondary N) is 1. The van der Waals surface area contributed by atoms with Crippen molar-refractivity contribution in [1.82, 2.24) is 14.8 Å². The van der Waals surface area contributed by atoms with E-state index in [2.05, 4.69) is 20.9 Å². The Balaban J connectivity index is 0.00000320. The minimum absolute atomic E-state index is 0. The maximum Gasteiger partial charge on any atom is 0.194 e. The molecule has 2 N–H and O–H groups in total. The molecule has 1 aliphatic heterocycles. The topological polar surface area (TPSA) is 56.0 Å². The SMILES string of the molecule is CCNC(=NCc1ccc(N2CCC(O)CC2)c(F)c1)N(C)Cc1cccn1C.I. The van der Waals surface area contributed by atoms with Crippen LogP contribution in [0.5, 0.6) is 0 Å². The van der Waals surface area contributed by atoms with Gasteiger partial charge in [-0.25, -0.2) is 9.38 Å². The van der Waals surface area contributed by atoms with Gasteiger partial charge in [0, 0.05) is 45.6 Å². The summed E-state index contributed by atoms with van der Waals surface area (Å²) in [6, 6.07) is 9.46. The molecule has 2 heterocycles. The smallest absolute Gasteiger partial charge is 0.194 e. The third-order valence-corrected chi connectivity index (χ3v) is 5.38. The fraction of sp³-hybridized carbons (Fsp3) is 0.500. The number of nitrogens with zero attached hydrogens (tertiary/aromatic N) is 4. The number of benzene rings is 1. The molecule has 166 valence electrons. The number of hydrogen-bond donors (Lipinski definition) is 2. The molecule has 1 saturated heterocycles. The molecule has 0 atom stereocenters. The van der Waals surface area contributed by atoms with E-state index in [1.165, 1.54) is 5.69 Å². The van der Waals surface area contributed by atoms with Crippen LogP contribution >= 0.6 is 24.0 Å². The van der Waals surface area contributed by atoms with Gasteiger partial charge in [-0.05, 0) is 49.6 Å². The lowest BCUT2D eigenvalue weighted by molar-refractivity contribution is 0.145. The summed E-state index contributed by atoms with van der Waals surface area (Å²) in [5.74, 6) is 0.569. The maximum atomic E-state index is 14.7. The molecule has 1 aromatic carbocycles. The third-order valence-electron chi connectivity index (χ3n) is 5.38. The van der Waals surface area contributed by atoms with E-state index in [0.29, 0.717) is 38.2 Å².